The van der Waals surface area contributed by atoms with Crippen LogP contribution < -0.4 is 0 Å². The van der Waals surface area contributed by atoms with Crippen molar-refractivity contribution in [2.75, 3.05) is 13.2 Å². The zero-order valence-electron chi connectivity index (χ0n) is 13.2. The molecular weight excluding hydrogens is 256 g/mol. The van der Waals surface area contributed by atoms with E-state index >= 15 is 0 Å². The van der Waals surface area contributed by atoms with Crippen molar-refractivity contribution in [1.82, 2.24) is 0 Å². The maximum atomic E-state index is 12.2. The highest BCUT2D eigenvalue weighted by atomic mass is 16.6. The van der Waals surface area contributed by atoms with Crippen molar-refractivity contribution in [2.24, 2.45) is 11.8 Å². The van der Waals surface area contributed by atoms with Crippen LogP contribution in [0.25, 0.3) is 0 Å². The Hall–Kier alpha value is -1.03. The van der Waals surface area contributed by atoms with E-state index in [9.17, 15) is 4.79 Å². The summed E-state index contributed by atoms with van der Waals surface area (Å²) in [6.45, 7) is 12.5. The SMILES string of the molecule is C=COC1COCCCC(C(C)C(=O)OC(C)(C)C)C1. The zero-order chi connectivity index (χ0) is 15.2. The Morgan fingerprint density at radius 3 is 2.75 bits per heavy atom. The Morgan fingerprint density at radius 2 is 2.15 bits per heavy atom. The number of hydrogen-bond acceptors (Lipinski definition) is 4. The van der Waals surface area contributed by atoms with E-state index in [0.29, 0.717) is 13.2 Å². The molecule has 0 aromatic rings. The molecule has 4 nitrogen and oxygen atoms in total. The van der Waals surface area contributed by atoms with Crippen molar-refractivity contribution >= 4 is 5.97 Å². The monoisotopic (exact) mass is 284 g/mol. The van der Waals surface area contributed by atoms with Gasteiger partial charge in [-0.15, -0.1) is 0 Å². The van der Waals surface area contributed by atoms with Crippen LogP contribution in [0.2, 0.25) is 0 Å². The van der Waals surface area contributed by atoms with E-state index in [0.717, 1.165) is 19.3 Å². The summed E-state index contributed by atoms with van der Waals surface area (Å²) in [5, 5.41) is 0. The van der Waals surface area contributed by atoms with Crippen LogP contribution in [-0.4, -0.2) is 30.9 Å². The molecule has 0 spiro atoms. The predicted molar refractivity (Wildman–Crippen MR) is 78.2 cm³/mol. The minimum Gasteiger partial charge on any atom is -0.496 e. The van der Waals surface area contributed by atoms with Crippen LogP contribution in [0.4, 0.5) is 0 Å². The molecular formula is C16H28O4. The first-order chi connectivity index (χ1) is 9.33. The van der Waals surface area contributed by atoms with Gasteiger partial charge in [0, 0.05) is 6.61 Å². The molecule has 0 aliphatic carbocycles. The van der Waals surface area contributed by atoms with Gasteiger partial charge in [0.1, 0.15) is 11.7 Å². The largest absolute Gasteiger partial charge is 0.496 e. The van der Waals surface area contributed by atoms with Crippen molar-refractivity contribution in [1.29, 1.82) is 0 Å². The second-order valence-electron chi connectivity index (χ2n) is 6.46. The Kier molecular flexibility index (Phi) is 6.53. The molecule has 0 bridgehead atoms. The van der Waals surface area contributed by atoms with Gasteiger partial charge in [-0.3, -0.25) is 4.79 Å². The second kappa shape index (κ2) is 7.67. The van der Waals surface area contributed by atoms with E-state index in [1.807, 2.05) is 27.7 Å². The van der Waals surface area contributed by atoms with Gasteiger partial charge in [-0.2, -0.15) is 0 Å². The van der Waals surface area contributed by atoms with Crippen molar-refractivity contribution in [3.05, 3.63) is 12.8 Å². The summed E-state index contributed by atoms with van der Waals surface area (Å²) in [6, 6.07) is 0. The maximum absolute atomic E-state index is 12.2. The number of esters is 1. The van der Waals surface area contributed by atoms with Gasteiger partial charge in [-0.25, -0.2) is 0 Å². The van der Waals surface area contributed by atoms with Crippen molar-refractivity contribution in [3.63, 3.8) is 0 Å². The van der Waals surface area contributed by atoms with E-state index in [1.54, 1.807) is 0 Å². The topological polar surface area (TPSA) is 44.8 Å². The number of carbonyl (C=O) groups excluding carboxylic acids is 1. The van der Waals surface area contributed by atoms with Crippen LogP contribution in [0.1, 0.15) is 47.0 Å². The van der Waals surface area contributed by atoms with Gasteiger partial charge in [0.15, 0.2) is 0 Å². The molecule has 3 atom stereocenters. The molecule has 1 saturated heterocycles. The highest BCUT2D eigenvalue weighted by Crippen LogP contribution is 2.28. The zero-order valence-corrected chi connectivity index (χ0v) is 13.2. The first-order valence-electron chi connectivity index (χ1n) is 7.40. The summed E-state index contributed by atoms with van der Waals surface area (Å²) in [5.74, 6) is 0.0169. The molecule has 1 aliphatic heterocycles. The van der Waals surface area contributed by atoms with E-state index in [-0.39, 0.29) is 23.9 Å². The molecule has 0 saturated carbocycles. The molecule has 1 aliphatic rings. The minimum absolute atomic E-state index is 0.0253. The van der Waals surface area contributed by atoms with Crippen LogP contribution in [-0.2, 0) is 19.0 Å². The predicted octanol–water partition coefficient (Wildman–Crippen LogP) is 3.31. The number of carbonyl (C=O) groups is 1. The number of rotatable bonds is 4. The lowest BCUT2D eigenvalue weighted by atomic mass is 9.84. The van der Waals surface area contributed by atoms with E-state index in [2.05, 4.69) is 6.58 Å². The highest BCUT2D eigenvalue weighted by molar-refractivity contribution is 5.72. The van der Waals surface area contributed by atoms with Gasteiger partial charge in [0.05, 0.1) is 18.8 Å². The fraction of sp³-hybridized carbons (Fsp3) is 0.812. The fourth-order valence-corrected chi connectivity index (χ4v) is 2.46. The summed E-state index contributed by atoms with van der Waals surface area (Å²) in [4.78, 5) is 12.2. The molecule has 0 amide bonds. The van der Waals surface area contributed by atoms with Gasteiger partial charge in [-0.05, 0) is 46.0 Å². The summed E-state index contributed by atoms with van der Waals surface area (Å²) in [7, 11) is 0. The van der Waals surface area contributed by atoms with Gasteiger partial charge < -0.3 is 14.2 Å². The van der Waals surface area contributed by atoms with Crippen molar-refractivity contribution < 1.29 is 19.0 Å². The molecule has 4 heteroatoms. The second-order valence-corrected chi connectivity index (χ2v) is 6.46. The lowest BCUT2D eigenvalue weighted by molar-refractivity contribution is -0.162. The molecule has 0 aromatic carbocycles. The lowest BCUT2D eigenvalue weighted by Crippen LogP contribution is -2.34. The maximum Gasteiger partial charge on any atom is 0.309 e. The van der Waals surface area contributed by atoms with Crippen LogP contribution in [0.5, 0.6) is 0 Å². The molecule has 20 heavy (non-hydrogen) atoms. The molecule has 1 heterocycles. The third-order valence-electron chi connectivity index (χ3n) is 3.51. The first-order valence-corrected chi connectivity index (χ1v) is 7.40. The third kappa shape index (κ3) is 5.95. The van der Waals surface area contributed by atoms with Crippen LogP contribution in [0.3, 0.4) is 0 Å². The first kappa shape index (κ1) is 17.0. The summed E-state index contributed by atoms with van der Waals surface area (Å²) >= 11 is 0. The van der Waals surface area contributed by atoms with E-state index in [4.69, 9.17) is 14.2 Å². The average molecular weight is 284 g/mol. The van der Waals surface area contributed by atoms with Crippen molar-refractivity contribution in [2.45, 2.75) is 58.7 Å². The Labute approximate surface area is 122 Å². The van der Waals surface area contributed by atoms with Gasteiger partial charge in [0.2, 0.25) is 0 Å². The fourth-order valence-electron chi connectivity index (χ4n) is 2.46. The molecule has 1 rings (SSSR count). The van der Waals surface area contributed by atoms with Crippen molar-refractivity contribution in [3.8, 4) is 0 Å². The normalized spacial score (nSPS) is 26.0. The highest BCUT2D eigenvalue weighted by Gasteiger charge is 2.31. The summed E-state index contributed by atoms with van der Waals surface area (Å²) in [5.41, 5.74) is -0.437. The molecule has 0 aromatic heterocycles. The Bertz CT molecular complexity index is 319. The molecule has 0 N–H and O–H groups in total. The average Bonchev–Trinajstić information content (AvgIpc) is 2.29. The van der Waals surface area contributed by atoms with Gasteiger partial charge in [0.25, 0.3) is 0 Å². The molecule has 116 valence electrons. The summed E-state index contributed by atoms with van der Waals surface area (Å²) in [6.07, 6.45) is 4.15. The summed E-state index contributed by atoms with van der Waals surface area (Å²) < 4.78 is 16.5. The lowest BCUT2D eigenvalue weighted by Gasteiger charge is -2.30. The number of ether oxygens (including phenoxy) is 3. The van der Waals surface area contributed by atoms with Crippen LogP contribution in [0, 0.1) is 11.8 Å². The van der Waals surface area contributed by atoms with Gasteiger partial charge >= 0.3 is 5.97 Å². The Balaban J connectivity index is 2.64. The smallest absolute Gasteiger partial charge is 0.309 e. The van der Waals surface area contributed by atoms with Gasteiger partial charge in [-0.1, -0.05) is 13.5 Å². The van der Waals surface area contributed by atoms with E-state index < -0.39 is 5.60 Å². The Morgan fingerprint density at radius 1 is 1.45 bits per heavy atom. The molecule has 1 fully saturated rings. The standard InChI is InChI=1S/C16H28O4/c1-6-19-14-10-13(8-7-9-18-11-14)12(2)15(17)20-16(3,4)5/h6,12-14H,1,7-11H2,2-5H3. The van der Waals surface area contributed by atoms with E-state index in [1.165, 1.54) is 6.26 Å². The quantitative estimate of drug-likeness (QED) is 0.587. The molecule has 0 radical (unpaired) electrons. The van der Waals surface area contributed by atoms with Crippen LogP contribution >= 0.6 is 0 Å². The molecule has 3 unspecified atom stereocenters. The minimum atomic E-state index is -0.437. The number of hydrogen-bond donors (Lipinski definition) is 0. The van der Waals surface area contributed by atoms with Crippen LogP contribution in [0.15, 0.2) is 12.8 Å². The third-order valence-corrected chi connectivity index (χ3v) is 3.51.